The highest BCUT2D eigenvalue weighted by Gasteiger charge is 2.24. The lowest BCUT2D eigenvalue weighted by molar-refractivity contribution is -0.123. The highest BCUT2D eigenvalue weighted by atomic mass is 32.1. The Labute approximate surface area is 187 Å². The van der Waals surface area contributed by atoms with Crippen molar-refractivity contribution in [2.45, 2.75) is 40.7 Å². The van der Waals surface area contributed by atoms with E-state index in [4.69, 9.17) is 4.74 Å². The molecule has 1 aromatic heterocycles. The van der Waals surface area contributed by atoms with Crippen LogP contribution in [-0.4, -0.2) is 55.5 Å². The summed E-state index contributed by atoms with van der Waals surface area (Å²) in [5.74, 6) is -0.927. The van der Waals surface area contributed by atoms with Crippen molar-refractivity contribution in [2.24, 2.45) is 0 Å². The summed E-state index contributed by atoms with van der Waals surface area (Å²) < 4.78 is 5.26. The molecule has 0 bridgehead atoms. The van der Waals surface area contributed by atoms with Gasteiger partial charge in [0, 0.05) is 17.0 Å². The highest BCUT2D eigenvalue weighted by molar-refractivity contribution is 7.15. The third-order valence-electron chi connectivity index (χ3n) is 4.47. The average molecular weight is 446 g/mol. The number of thiophene rings is 1. The van der Waals surface area contributed by atoms with Gasteiger partial charge in [0.2, 0.25) is 11.8 Å². The summed E-state index contributed by atoms with van der Waals surface area (Å²) in [6, 6.07) is 6.06. The van der Waals surface area contributed by atoms with Gasteiger partial charge in [-0.15, -0.1) is 11.3 Å². The molecule has 0 saturated heterocycles. The molecule has 0 saturated carbocycles. The SMILES string of the molecule is CCOC(=O)c1c(-c2ccc(C)cc2C)csc1NC(=O)CN(C)CC(=O)NC(C)C. The number of hydrogen-bond donors (Lipinski definition) is 2. The van der Waals surface area contributed by atoms with E-state index < -0.39 is 5.97 Å². The molecule has 0 radical (unpaired) electrons. The van der Waals surface area contributed by atoms with Crippen molar-refractivity contribution in [3.05, 3.63) is 40.3 Å². The Morgan fingerprint density at radius 3 is 2.39 bits per heavy atom. The minimum Gasteiger partial charge on any atom is -0.462 e. The van der Waals surface area contributed by atoms with E-state index >= 15 is 0 Å². The second-order valence-corrected chi connectivity index (χ2v) is 8.71. The maximum Gasteiger partial charge on any atom is 0.341 e. The number of likely N-dealkylation sites (N-methyl/N-ethyl adjacent to an activating group) is 1. The van der Waals surface area contributed by atoms with Crippen LogP contribution >= 0.6 is 11.3 Å². The average Bonchev–Trinajstić information content (AvgIpc) is 3.03. The number of rotatable bonds is 9. The van der Waals surface area contributed by atoms with Crippen molar-refractivity contribution in [3.63, 3.8) is 0 Å². The minimum atomic E-state index is -0.473. The van der Waals surface area contributed by atoms with E-state index in [-0.39, 0.29) is 37.6 Å². The molecule has 8 heteroatoms. The maximum atomic E-state index is 12.7. The highest BCUT2D eigenvalue weighted by Crippen LogP contribution is 2.37. The number of hydrogen-bond acceptors (Lipinski definition) is 6. The maximum absolute atomic E-state index is 12.7. The van der Waals surface area contributed by atoms with Crippen LogP contribution in [-0.2, 0) is 14.3 Å². The van der Waals surface area contributed by atoms with Gasteiger partial charge in [-0.05, 0) is 52.8 Å². The van der Waals surface area contributed by atoms with Gasteiger partial charge in [-0.1, -0.05) is 23.8 Å². The Morgan fingerprint density at radius 1 is 1.10 bits per heavy atom. The largest absolute Gasteiger partial charge is 0.462 e. The van der Waals surface area contributed by atoms with Gasteiger partial charge in [0.05, 0.1) is 19.7 Å². The Morgan fingerprint density at radius 2 is 1.77 bits per heavy atom. The minimum absolute atomic E-state index is 0.0184. The summed E-state index contributed by atoms with van der Waals surface area (Å²) in [7, 11) is 1.70. The van der Waals surface area contributed by atoms with E-state index in [9.17, 15) is 14.4 Å². The molecule has 0 atom stereocenters. The monoisotopic (exact) mass is 445 g/mol. The lowest BCUT2D eigenvalue weighted by Crippen LogP contribution is -2.41. The van der Waals surface area contributed by atoms with Crippen molar-refractivity contribution in [2.75, 3.05) is 32.1 Å². The van der Waals surface area contributed by atoms with Crippen molar-refractivity contribution < 1.29 is 19.1 Å². The number of benzene rings is 1. The quantitative estimate of drug-likeness (QED) is 0.576. The molecule has 2 rings (SSSR count). The zero-order chi connectivity index (χ0) is 23.1. The Bertz CT molecular complexity index is 952. The summed E-state index contributed by atoms with van der Waals surface area (Å²) in [6.45, 7) is 9.87. The Kier molecular flexibility index (Phi) is 8.76. The number of anilines is 1. The molecule has 2 amide bonds. The van der Waals surface area contributed by atoms with Crippen molar-refractivity contribution in [1.29, 1.82) is 0 Å². The predicted octanol–water partition coefficient (Wildman–Crippen LogP) is 3.60. The molecular formula is C23H31N3O4S. The van der Waals surface area contributed by atoms with E-state index in [2.05, 4.69) is 16.7 Å². The van der Waals surface area contributed by atoms with Crippen LogP contribution in [0.15, 0.2) is 23.6 Å². The second kappa shape index (κ2) is 11.1. The molecular weight excluding hydrogens is 414 g/mol. The number of ether oxygens (including phenoxy) is 1. The normalized spacial score (nSPS) is 11.0. The van der Waals surface area contributed by atoms with Crippen LogP contribution in [0, 0.1) is 13.8 Å². The van der Waals surface area contributed by atoms with Crippen LogP contribution in [0.1, 0.15) is 42.3 Å². The predicted molar refractivity (Wildman–Crippen MR) is 125 cm³/mol. The fraction of sp³-hybridized carbons (Fsp3) is 0.435. The lowest BCUT2D eigenvalue weighted by Gasteiger charge is -2.17. The number of amides is 2. The van der Waals surface area contributed by atoms with E-state index in [1.54, 1.807) is 18.9 Å². The van der Waals surface area contributed by atoms with E-state index in [1.807, 2.05) is 45.2 Å². The van der Waals surface area contributed by atoms with Crippen LogP contribution < -0.4 is 10.6 Å². The summed E-state index contributed by atoms with van der Waals surface area (Å²) in [6.07, 6.45) is 0. The molecule has 1 heterocycles. The number of esters is 1. The van der Waals surface area contributed by atoms with Gasteiger partial charge in [-0.3, -0.25) is 14.5 Å². The van der Waals surface area contributed by atoms with E-state index in [0.717, 1.165) is 22.3 Å². The summed E-state index contributed by atoms with van der Waals surface area (Å²) in [5.41, 5.74) is 4.19. The summed E-state index contributed by atoms with van der Waals surface area (Å²) in [5, 5.41) is 7.92. The number of carbonyl (C=O) groups excluding carboxylic acids is 3. The van der Waals surface area contributed by atoms with E-state index in [1.165, 1.54) is 11.3 Å². The molecule has 31 heavy (non-hydrogen) atoms. The zero-order valence-electron chi connectivity index (χ0n) is 19.0. The van der Waals surface area contributed by atoms with Crippen molar-refractivity contribution in [1.82, 2.24) is 10.2 Å². The van der Waals surface area contributed by atoms with Crippen LogP contribution in [0.2, 0.25) is 0 Å². The second-order valence-electron chi connectivity index (χ2n) is 7.84. The molecule has 0 aliphatic rings. The number of nitrogens with one attached hydrogen (secondary N) is 2. The van der Waals surface area contributed by atoms with Gasteiger partial charge in [-0.2, -0.15) is 0 Å². The van der Waals surface area contributed by atoms with Gasteiger partial charge >= 0.3 is 5.97 Å². The first kappa shape index (κ1) is 24.6. The number of carbonyl (C=O) groups is 3. The smallest absolute Gasteiger partial charge is 0.341 e. The molecule has 0 aliphatic heterocycles. The molecule has 2 N–H and O–H groups in total. The van der Waals surface area contributed by atoms with Gasteiger partial charge in [0.15, 0.2) is 0 Å². The van der Waals surface area contributed by atoms with Crippen LogP contribution in [0.25, 0.3) is 11.1 Å². The third-order valence-corrected chi connectivity index (χ3v) is 5.37. The van der Waals surface area contributed by atoms with Gasteiger partial charge in [-0.25, -0.2) is 4.79 Å². The standard InChI is InChI=1S/C23H31N3O4S/c1-7-30-23(29)21-18(17-9-8-15(4)10-16(17)5)13-31-22(21)25-20(28)12-26(6)11-19(27)24-14(2)3/h8-10,13-14H,7,11-12H2,1-6H3,(H,24,27)(H,25,28). The lowest BCUT2D eigenvalue weighted by atomic mass is 9.97. The molecule has 0 aliphatic carbocycles. The molecule has 0 fully saturated rings. The Hall–Kier alpha value is -2.71. The molecule has 7 nitrogen and oxygen atoms in total. The molecule has 1 aromatic carbocycles. The third kappa shape index (κ3) is 6.90. The first-order valence-corrected chi connectivity index (χ1v) is 11.1. The van der Waals surface area contributed by atoms with Gasteiger partial charge in [0.25, 0.3) is 0 Å². The number of nitrogens with zero attached hydrogens (tertiary/aromatic N) is 1. The van der Waals surface area contributed by atoms with Crippen molar-refractivity contribution >= 4 is 34.1 Å². The van der Waals surface area contributed by atoms with Gasteiger partial charge < -0.3 is 15.4 Å². The fourth-order valence-corrected chi connectivity index (χ4v) is 4.21. The number of aryl methyl sites for hydroxylation is 2. The zero-order valence-corrected chi connectivity index (χ0v) is 19.8. The van der Waals surface area contributed by atoms with E-state index in [0.29, 0.717) is 10.6 Å². The fourth-order valence-electron chi connectivity index (χ4n) is 3.25. The summed E-state index contributed by atoms with van der Waals surface area (Å²) in [4.78, 5) is 38.8. The topological polar surface area (TPSA) is 87.7 Å². The molecule has 0 unspecified atom stereocenters. The Balaban J connectivity index is 2.22. The van der Waals surface area contributed by atoms with Gasteiger partial charge in [0.1, 0.15) is 10.6 Å². The molecule has 2 aromatic rings. The first-order valence-electron chi connectivity index (χ1n) is 10.3. The summed E-state index contributed by atoms with van der Waals surface area (Å²) >= 11 is 1.29. The molecule has 168 valence electrons. The van der Waals surface area contributed by atoms with Crippen LogP contribution in [0.4, 0.5) is 5.00 Å². The molecule has 0 spiro atoms. The van der Waals surface area contributed by atoms with Crippen molar-refractivity contribution in [3.8, 4) is 11.1 Å². The van der Waals surface area contributed by atoms with Crippen LogP contribution in [0.5, 0.6) is 0 Å². The van der Waals surface area contributed by atoms with Crippen LogP contribution in [0.3, 0.4) is 0 Å². The first-order chi connectivity index (χ1) is 14.6.